The zero-order chi connectivity index (χ0) is 16.8. The Labute approximate surface area is 138 Å². The van der Waals surface area contributed by atoms with Crippen LogP contribution in [0.15, 0.2) is 30.3 Å². The van der Waals surface area contributed by atoms with Crippen LogP contribution in [0.25, 0.3) is 21.5 Å². The summed E-state index contributed by atoms with van der Waals surface area (Å²) in [6, 6.07) is 9.70. The summed E-state index contributed by atoms with van der Waals surface area (Å²) >= 11 is 0. The van der Waals surface area contributed by atoms with Crippen LogP contribution >= 0.6 is 0 Å². The molecule has 0 atom stereocenters. The van der Waals surface area contributed by atoms with Crippen LogP contribution in [0.3, 0.4) is 0 Å². The minimum atomic E-state index is -0.386. The Morgan fingerprint density at radius 1 is 1.04 bits per heavy atom. The average Bonchev–Trinajstić information content (AvgIpc) is 2.58. The Morgan fingerprint density at radius 2 is 1.79 bits per heavy atom. The lowest BCUT2D eigenvalue weighted by Gasteiger charge is -2.23. The fourth-order valence-corrected chi connectivity index (χ4v) is 3.31. The molecule has 1 heterocycles. The summed E-state index contributed by atoms with van der Waals surface area (Å²) in [7, 11) is 3.20. The summed E-state index contributed by atoms with van der Waals surface area (Å²) < 4.78 is 22.1. The number of carbonyl (C=O) groups excluding carboxylic acids is 1. The van der Waals surface area contributed by atoms with Crippen LogP contribution in [0.1, 0.15) is 12.5 Å². The van der Waals surface area contributed by atoms with Crippen molar-refractivity contribution in [1.82, 2.24) is 0 Å². The van der Waals surface area contributed by atoms with E-state index in [4.69, 9.17) is 18.9 Å². The Kier molecular flexibility index (Phi) is 3.23. The van der Waals surface area contributed by atoms with Gasteiger partial charge in [0, 0.05) is 29.3 Å². The highest BCUT2D eigenvalue weighted by atomic mass is 16.6. The summed E-state index contributed by atoms with van der Waals surface area (Å²) in [5.74, 6) is 2.09. The first kappa shape index (κ1) is 14.6. The molecule has 3 aromatic rings. The van der Waals surface area contributed by atoms with E-state index in [-0.39, 0.29) is 5.97 Å². The van der Waals surface area contributed by atoms with Gasteiger partial charge in [-0.2, -0.15) is 0 Å². The van der Waals surface area contributed by atoms with E-state index in [9.17, 15) is 4.79 Å². The number of esters is 1. The van der Waals surface area contributed by atoms with E-state index in [0.29, 0.717) is 18.1 Å². The van der Waals surface area contributed by atoms with Gasteiger partial charge in [0.25, 0.3) is 0 Å². The largest absolute Gasteiger partial charge is 0.497 e. The van der Waals surface area contributed by atoms with Crippen molar-refractivity contribution in [2.75, 3.05) is 14.2 Å². The molecule has 122 valence electrons. The molecule has 0 saturated heterocycles. The Morgan fingerprint density at radius 3 is 2.46 bits per heavy atom. The quantitative estimate of drug-likeness (QED) is 0.416. The maximum atomic E-state index is 11.4. The second-order valence-corrected chi connectivity index (χ2v) is 5.66. The van der Waals surface area contributed by atoms with Crippen LogP contribution in [0.5, 0.6) is 23.0 Å². The van der Waals surface area contributed by atoms with Gasteiger partial charge in [-0.05, 0) is 22.9 Å². The zero-order valence-corrected chi connectivity index (χ0v) is 13.6. The monoisotopic (exact) mass is 324 g/mol. The molecule has 0 bridgehead atoms. The topological polar surface area (TPSA) is 54.0 Å². The molecule has 1 aliphatic heterocycles. The molecule has 0 aromatic heterocycles. The van der Waals surface area contributed by atoms with E-state index in [2.05, 4.69) is 0 Å². The van der Waals surface area contributed by atoms with E-state index >= 15 is 0 Å². The molecule has 0 fully saturated rings. The molecule has 0 saturated carbocycles. The lowest BCUT2D eigenvalue weighted by molar-refractivity contribution is -0.132. The van der Waals surface area contributed by atoms with E-state index in [1.165, 1.54) is 6.92 Å². The molecule has 0 unspecified atom stereocenters. The number of carbonyl (C=O) groups is 1. The molecular weight excluding hydrogens is 308 g/mol. The van der Waals surface area contributed by atoms with Crippen molar-refractivity contribution in [3.63, 3.8) is 0 Å². The first-order chi connectivity index (χ1) is 11.6. The number of rotatable bonds is 3. The van der Waals surface area contributed by atoms with Crippen molar-refractivity contribution in [3.05, 3.63) is 35.9 Å². The summed E-state index contributed by atoms with van der Waals surface area (Å²) in [5.41, 5.74) is 0.884. The predicted octanol–water partition coefficient (Wildman–Crippen LogP) is 3.83. The van der Waals surface area contributed by atoms with Crippen molar-refractivity contribution in [1.29, 1.82) is 0 Å². The second kappa shape index (κ2) is 5.30. The lowest BCUT2D eigenvalue weighted by Crippen LogP contribution is -2.09. The van der Waals surface area contributed by atoms with Gasteiger partial charge in [-0.3, -0.25) is 4.79 Å². The first-order valence-electron chi connectivity index (χ1n) is 7.58. The maximum absolute atomic E-state index is 11.4. The van der Waals surface area contributed by atoms with Gasteiger partial charge in [-0.1, -0.05) is 12.1 Å². The molecule has 1 aliphatic rings. The van der Waals surface area contributed by atoms with Crippen LogP contribution in [-0.4, -0.2) is 20.2 Å². The summed E-state index contributed by atoms with van der Waals surface area (Å²) in [6.07, 6.45) is 0. The van der Waals surface area contributed by atoms with E-state index in [1.807, 2.05) is 30.3 Å². The van der Waals surface area contributed by atoms with Gasteiger partial charge < -0.3 is 18.9 Å². The van der Waals surface area contributed by atoms with Crippen molar-refractivity contribution < 1.29 is 23.7 Å². The zero-order valence-electron chi connectivity index (χ0n) is 13.6. The molecule has 0 aliphatic carbocycles. The fourth-order valence-electron chi connectivity index (χ4n) is 3.31. The van der Waals surface area contributed by atoms with Crippen LogP contribution in [-0.2, 0) is 11.4 Å². The molecule has 24 heavy (non-hydrogen) atoms. The van der Waals surface area contributed by atoms with Gasteiger partial charge in [-0.25, -0.2) is 0 Å². The smallest absolute Gasteiger partial charge is 0.308 e. The molecule has 0 spiro atoms. The first-order valence-corrected chi connectivity index (χ1v) is 7.58. The SMILES string of the molecule is COc1cc2c3c(ccc4cc(OC(C)=O)c(OC)c(c43)CO2)c1. The minimum absolute atomic E-state index is 0.341. The van der Waals surface area contributed by atoms with Crippen LogP contribution in [0.4, 0.5) is 0 Å². The molecule has 4 rings (SSSR count). The number of ether oxygens (including phenoxy) is 4. The highest BCUT2D eigenvalue weighted by molar-refractivity contribution is 6.14. The predicted molar refractivity (Wildman–Crippen MR) is 90.2 cm³/mol. The summed E-state index contributed by atoms with van der Waals surface area (Å²) in [4.78, 5) is 11.4. The van der Waals surface area contributed by atoms with Gasteiger partial charge in [0.05, 0.1) is 14.2 Å². The molecule has 0 radical (unpaired) electrons. The Bertz CT molecular complexity index is 990. The van der Waals surface area contributed by atoms with Crippen molar-refractivity contribution >= 4 is 27.5 Å². The third kappa shape index (κ3) is 2.05. The van der Waals surface area contributed by atoms with Crippen LogP contribution in [0.2, 0.25) is 0 Å². The van der Waals surface area contributed by atoms with E-state index < -0.39 is 0 Å². The molecule has 5 heteroatoms. The maximum Gasteiger partial charge on any atom is 0.308 e. The van der Waals surface area contributed by atoms with Crippen LogP contribution in [0, 0.1) is 0 Å². The van der Waals surface area contributed by atoms with E-state index in [0.717, 1.165) is 38.6 Å². The standard InChI is InChI=1S/C19H16O5/c1-10(20)24-16-7-12-5-4-11-6-13(21-2)8-15-18(11)17(12)14(9-23-15)19(16)22-3/h4-8H,9H2,1-3H3. The number of hydrogen-bond donors (Lipinski definition) is 0. The average molecular weight is 324 g/mol. The van der Waals surface area contributed by atoms with Crippen molar-refractivity contribution in [2.24, 2.45) is 0 Å². The molecule has 0 N–H and O–H groups in total. The van der Waals surface area contributed by atoms with Gasteiger partial charge in [0.15, 0.2) is 11.5 Å². The normalized spacial score (nSPS) is 12.3. The molecule has 3 aromatic carbocycles. The van der Waals surface area contributed by atoms with E-state index in [1.54, 1.807) is 14.2 Å². The minimum Gasteiger partial charge on any atom is -0.497 e. The summed E-state index contributed by atoms with van der Waals surface area (Å²) in [6.45, 7) is 1.71. The van der Waals surface area contributed by atoms with Crippen molar-refractivity contribution in [3.8, 4) is 23.0 Å². The molecular formula is C19H16O5. The molecule has 0 amide bonds. The van der Waals surface area contributed by atoms with Gasteiger partial charge in [0.1, 0.15) is 18.1 Å². The number of hydrogen-bond acceptors (Lipinski definition) is 5. The second-order valence-electron chi connectivity index (χ2n) is 5.66. The van der Waals surface area contributed by atoms with Gasteiger partial charge in [-0.15, -0.1) is 0 Å². The number of methoxy groups -OCH3 is 2. The highest BCUT2D eigenvalue weighted by Gasteiger charge is 2.24. The van der Waals surface area contributed by atoms with Gasteiger partial charge in [0.2, 0.25) is 0 Å². The fraction of sp³-hybridized carbons (Fsp3) is 0.211. The molecule has 5 nitrogen and oxygen atoms in total. The van der Waals surface area contributed by atoms with Crippen LogP contribution < -0.4 is 18.9 Å². The third-order valence-electron chi connectivity index (χ3n) is 4.24. The Hall–Kier alpha value is -2.95. The lowest BCUT2D eigenvalue weighted by atomic mass is 9.94. The summed E-state index contributed by atoms with van der Waals surface area (Å²) in [5, 5.41) is 4.08. The van der Waals surface area contributed by atoms with Crippen molar-refractivity contribution in [2.45, 2.75) is 13.5 Å². The number of benzene rings is 3. The highest BCUT2D eigenvalue weighted by Crippen LogP contribution is 2.47. The third-order valence-corrected chi connectivity index (χ3v) is 4.24. The Balaban J connectivity index is 2.11. The van der Waals surface area contributed by atoms with Gasteiger partial charge >= 0.3 is 5.97 Å².